The Labute approximate surface area is 84.6 Å². The molecule has 0 aromatic carbocycles. The number of allylic oxidation sites excluding steroid dienone is 1. The molecule has 0 saturated carbocycles. The summed E-state index contributed by atoms with van der Waals surface area (Å²) < 4.78 is 30.0. The number of nitrogens with two attached hydrogens (primary N) is 1. The van der Waals surface area contributed by atoms with Crippen LogP contribution < -0.4 is 5.73 Å². The van der Waals surface area contributed by atoms with Crippen molar-refractivity contribution >= 4 is 10.1 Å². The van der Waals surface area contributed by atoms with Gasteiger partial charge in [0.25, 0.3) is 15.8 Å². The average molecular weight is 236 g/mol. The molecule has 8 nitrogen and oxygen atoms in total. The van der Waals surface area contributed by atoms with Crippen LogP contribution in [0.15, 0.2) is 22.8 Å². The molecule has 0 fully saturated rings. The highest BCUT2D eigenvalue weighted by Gasteiger charge is 2.34. The average Bonchev–Trinajstić information content (AvgIpc) is 1.99. The molecule has 4 N–H and O–H groups in total. The molecule has 1 unspecified atom stereocenters. The minimum Gasteiger partial charge on any atom is -0.372 e. The van der Waals surface area contributed by atoms with Crippen LogP contribution in [-0.4, -0.2) is 28.7 Å². The van der Waals surface area contributed by atoms with Crippen molar-refractivity contribution in [2.75, 3.05) is 0 Å². The summed E-state index contributed by atoms with van der Waals surface area (Å²) in [5, 5.41) is 19.7. The van der Waals surface area contributed by atoms with E-state index in [1.54, 1.807) is 0 Å². The van der Waals surface area contributed by atoms with Gasteiger partial charge >= 0.3 is 0 Å². The van der Waals surface area contributed by atoms with Gasteiger partial charge in [-0.25, -0.2) is 0 Å². The zero-order chi connectivity index (χ0) is 11.9. The second kappa shape index (κ2) is 3.38. The molecule has 84 valence electrons. The van der Waals surface area contributed by atoms with Crippen LogP contribution in [0.2, 0.25) is 0 Å². The Bertz CT molecular complexity index is 460. The van der Waals surface area contributed by atoms with Gasteiger partial charge in [-0.3, -0.25) is 20.4 Å². The van der Waals surface area contributed by atoms with Gasteiger partial charge in [0.05, 0.1) is 11.3 Å². The first-order valence-corrected chi connectivity index (χ1v) is 5.12. The molecule has 0 aliphatic heterocycles. The molecule has 0 saturated heterocycles. The normalized spacial score (nSPS) is 26.9. The van der Waals surface area contributed by atoms with Crippen molar-refractivity contribution in [1.82, 2.24) is 0 Å². The Kier molecular flexibility index (Phi) is 2.65. The van der Waals surface area contributed by atoms with Gasteiger partial charge in [-0.1, -0.05) is 0 Å². The highest BCUT2D eigenvalue weighted by Crippen LogP contribution is 2.25. The Morgan fingerprint density at radius 2 is 2.13 bits per heavy atom. The first-order chi connectivity index (χ1) is 6.62. The van der Waals surface area contributed by atoms with E-state index in [2.05, 4.69) is 0 Å². The maximum absolute atomic E-state index is 10.7. The summed E-state index contributed by atoms with van der Waals surface area (Å²) >= 11 is 0. The number of hydrogen-bond acceptors (Lipinski definition) is 6. The van der Waals surface area contributed by atoms with Crippen molar-refractivity contribution in [2.45, 2.75) is 12.1 Å². The van der Waals surface area contributed by atoms with E-state index in [0.717, 1.165) is 0 Å². The van der Waals surface area contributed by atoms with Crippen LogP contribution in [0.4, 0.5) is 0 Å². The maximum atomic E-state index is 10.7. The van der Waals surface area contributed by atoms with Crippen molar-refractivity contribution < 1.29 is 23.0 Å². The molecule has 0 aromatic rings. The van der Waals surface area contributed by atoms with Crippen molar-refractivity contribution in [3.63, 3.8) is 0 Å². The topological polar surface area (TPSA) is 144 Å². The van der Waals surface area contributed by atoms with Crippen LogP contribution in [0.3, 0.4) is 0 Å². The molecule has 0 amide bonds. The van der Waals surface area contributed by atoms with E-state index in [1.165, 1.54) is 0 Å². The predicted octanol–water partition coefficient (Wildman–Crippen LogP) is -1.03. The van der Waals surface area contributed by atoms with Crippen molar-refractivity contribution in [3.05, 3.63) is 32.9 Å². The van der Waals surface area contributed by atoms with Crippen LogP contribution in [0.5, 0.6) is 0 Å². The minimum atomic E-state index is -4.62. The molecular formula is C6H8N2O6S. The van der Waals surface area contributed by atoms with Gasteiger partial charge in [0.2, 0.25) is 0 Å². The van der Waals surface area contributed by atoms with E-state index in [1.807, 2.05) is 0 Å². The zero-order valence-corrected chi connectivity index (χ0v) is 8.14. The molecular weight excluding hydrogens is 228 g/mol. The summed E-state index contributed by atoms with van der Waals surface area (Å²) in [7, 11) is -4.62. The molecule has 0 spiro atoms. The monoisotopic (exact) mass is 236 g/mol. The van der Waals surface area contributed by atoms with E-state index in [0.29, 0.717) is 12.2 Å². The second-order valence-electron chi connectivity index (χ2n) is 3.08. The van der Waals surface area contributed by atoms with Crippen molar-refractivity contribution in [3.8, 4) is 0 Å². The first-order valence-electron chi connectivity index (χ1n) is 3.68. The van der Waals surface area contributed by atoms with Gasteiger partial charge in [-0.15, -0.1) is 0 Å². The van der Waals surface area contributed by atoms with Gasteiger partial charge in [0.1, 0.15) is 10.6 Å². The Morgan fingerprint density at radius 3 is 2.53 bits per heavy atom. The van der Waals surface area contributed by atoms with E-state index in [-0.39, 0.29) is 0 Å². The summed E-state index contributed by atoms with van der Waals surface area (Å²) in [6.45, 7) is 0. The minimum absolute atomic E-state index is 0.529. The molecule has 0 radical (unpaired) electrons. The quantitative estimate of drug-likeness (QED) is 0.240. The highest BCUT2D eigenvalue weighted by molar-refractivity contribution is 7.90. The fourth-order valence-electron chi connectivity index (χ4n) is 1.11. The maximum Gasteiger partial charge on any atom is 0.294 e. The van der Waals surface area contributed by atoms with Gasteiger partial charge < -0.3 is 5.11 Å². The highest BCUT2D eigenvalue weighted by atomic mass is 32.2. The first kappa shape index (κ1) is 11.8. The summed E-state index contributed by atoms with van der Waals surface area (Å²) in [6, 6.07) is 0. The third kappa shape index (κ3) is 2.83. The molecule has 0 aromatic heterocycles. The summed E-state index contributed by atoms with van der Waals surface area (Å²) in [5.74, 6) is 0. The van der Waals surface area contributed by atoms with Crippen molar-refractivity contribution in [1.29, 1.82) is 0 Å². The molecule has 1 aliphatic rings. The lowest BCUT2D eigenvalue weighted by Gasteiger charge is -2.21. The van der Waals surface area contributed by atoms with E-state index >= 15 is 0 Å². The lowest BCUT2D eigenvalue weighted by Crippen LogP contribution is -2.40. The largest absolute Gasteiger partial charge is 0.372 e. The van der Waals surface area contributed by atoms with Gasteiger partial charge in [0, 0.05) is 6.08 Å². The van der Waals surface area contributed by atoms with Crippen LogP contribution >= 0.6 is 0 Å². The number of rotatable bonds is 2. The number of hydrogen-bond donors (Lipinski definition) is 3. The smallest absolute Gasteiger partial charge is 0.294 e. The molecule has 9 heteroatoms. The molecule has 1 atom stereocenters. The van der Waals surface area contributed by atoms with Gasteiger partial charge in [-0.05, 0) is 6.08 Å². The van der Waals surface area contributed by atoms with Crippen LogP contribution in [0.25, 0.3) is 0 Å². The van der Waals surface area contributed by atoms with Crippen molar-refractivity contribution in [2.24, 2.45) is 5.73 Å². The third-order valence-electron chi connectivity index (χ3n) is 1.70. The fraction of sp³-hybridized carbons (Fsp3) is 0.333. The van der Waals surface area contributed by atoms with E-state index < -0.39 is 37.8 Å². The Morgan fingerprint density at radius 1 is 1.60 bits per heavy atom. The molecule has 15 heavy (non-hydrogen) atoms. The number of aliphatic hydroxyl groups is 1. The number of nitro groups is 1. The van der Waals surface area contributed by atoms with Crippen LogP contribution in [0, 0.1) is 10.1 Å². The molecule has 0 bridgehead atoms. The molecule has 0 heterocycles. The van der Waals surface area contributed by atoms with Gasteiger partial charge in [0.15, 0.2) is 0 Å². The van der Waals surface area contributed by atoms with Crippen LogP contribution in [-0.2, 0) is 10.1 Å². The lowest BCUT2D eigenvalue weighted by atomic mass is 10.0. The lowest BCUT2D eigenvalue weighted by molar-refractivity contribution is -0.430. The summed E-state index contributed by atoms with van der Waals surface area (Å²) in [5.41, 5.74) is 2.41. The van der Waals surface area contributed by atoms with E-state index in [4.69, 9.17) is 10.3 Å². The van der Waals surface area contributed by atoms with Gasteiger partial charge in [-0.2, -0.15) is 8.42 Å². The Hall–Kier alpha value is -1.29. The zero-order valence-electron chi connectivity index (χ0n) is 7.32. The molecule has 1 rings (SSSR count). The standard InChI is InChI=1S/C6H8N2O6S/c7-6(9)2-4(8(10)11)1-5(3-6)15(12,13)14/h1,3,9H,2,7H2,(H,12,13,14). The third-order valence-corrected chi connectivity index (χ3v) is 2.53. The van der Waals surface area contributed by atoms with Crippen LogP contribution in [0.1, 0.15) is 6.42 Å². The fourth-order valence-corrected chi connectivity index (χ4v) is 1.75. The SMILES string of the molecule is NC1(O)C=C(S(=O)(=O)O)C=C([N+](=O)[O-])C1. The summed E-state index contributed by atoms with van der Waals surface area (Å²) in [4.78, 5) is 8.72. The molecule has 1 aliphatic carbocycles. The second-order valence-corrected chi connectivity index (χ2v) is 4.50. The predicted molar refractivity (Wildman–Crippen MR) is 48.5 cm³/mol. The Balaban J connectivity index is 3.28. The van der Waals surface area contributed by atoms with E-state index in [9.17, 15) is 23.6 Å². The summed E-state index contributed by atoms with van der Waals surface area (Å²) in [6.07, 6.45) is 0.769. The number of nitrogens with zero attached hydrogens (tertiary/aromatic N) is 1.